The number of carbonyl (C=O) groups is 2. The Bertz CT molecular complexity index is 536. The smallest absolute Gasteiger partial charge is 0.248 e. The standard InChI is InChI=1S/C16H23N3O3.ClH/c1-11-8-12(9-17)10-19(11)15(20)6-7-22-14-4-2-13(3-5-14)16(18)21;/h2-5,11-12H,6-10,17H2,1H3,(H2,18,21);1H. The lowest BCUT2D eigenvalue weighted by atomic mass is 10.1. The zero-order valence-corrected chi connectivity index (χ0v) is 14.1. The number of rotatable bonds is 6. The van der Waals surface area contributed by atoms with Crippen LogP contribution in [0.1, 0.15) is 30.1 Å². The summed E-state index contributed by atoms with van der Waals surface area (Å²) in [6, 6.07) is 6.80. The van der Waals surface area contributed by atoms with Gasteiger partial charge in [0.2, 0.25) is 11.8 Å². The number of hydrogen-bond acceptors (Lipinski definition) is 4. The van der Waals surface area contributed by atoms with Crippen LogP contribution in [0.15, 0.2) is 24.3 Å². The van der Waals surface area contributed by atoms with E-state index < -0.39 is 5.91 Å². The molecular weight excluding hydrogens is 318 g/mol. The zero-order valence-electron chi connectivity index (χ0n) is 13.2. The second-order valence-electron chi connectivity index (χ2n) is 5.72. The minimum absolute atomic E-state index is 0. The number of primary amides is 1. The van der Waals surface area contributed by atoms with Gasteiger partial charge in [0.05, 0.1) is 13.0 Å². The van der Waals surface area contributed by atoms with Gasteiger partial charge in [-0.05, 0) is 50.1 Å². The number of likely N-dealkylation sites (tertiary alicyclic amines) is 1. The van der Waals surface area contributed by atoms with Crippen molar-refractivity contribution in [2.45, 2.75) is 25.8 Å². The van der Waals surface area contributed by atoms with Crippen molar-refractivity contribution < 1.29 is 14.3 Å². The third-order valence-electron chi connectivity index (χ3n) is 4.04. The highest BCUT2D eigenvalue weighted by Crippen LogP contribution is 2.22. The number of amides is 2. The fraction of sp³-hybridized carbons (Fsp3) is 0.500. The Kier molecular flexibility index (Phi) is 7.32. The summed E-state index contributed by atoms with van der Waals surface area (Å²) in [7, 11) is 0. The summed E-state index contributed by atoms with van der Waals surface area (Å²) in [5, 5.41) is 0. The van der Waals surface area contributed by atoms with Gasteiger partial charge in [-0.1, -0.05) is 0 Å². The average molecular weight is 342 g/mol. The maximum absolute atomic E-state index is 12.2. The molecule has 0 aliphatic carbocycles. The van der Waals surface area contributed by atoms with Gasteiger partial charge in [-0.15, -0.1) is 12.4 Å². The number of nitrogens with zero attached hydrogens (tertiary/aromatic N) is 1. The molecule has 1 aromatic rings. The molecule has 0 aromatic heterocycles. The second kappa shape index (κ2) is 8.74. The number of nitrogens with two attached hydrogens (primary N) is 2. The molecule has 2 amide bonds. The Hall–Kier alpha value is -1.79. The van der Waals surface area contributed by atoms with Crippen molar-refractivity contribution >= 4 is 24.2 Å². The van der Waals surface area contributed by atoms with Crippen molar-refractivity contribution in [2.24, 2.45) is 17.4 Å². The van der Waals surface area contributed by atoms with E-state index in [1.54, 1.807) is 24.3 Å². The van der Waals surface area contributed by atoms with E-state index in [1.165, 1.54) is 0 Å². The van der Waals surface area contributed by atoms with Crippen LogP contribution in [0.3, 0.4) is 0 Å². The highest BCUT2D eigenvalue weighted by molar-refractivity contribution is 5.92. The minimum atomic E-state index is -0.473. The number of ether oxygens (including phenoxy) is 1. The Morgan fingerprint density at radius 2 is 1.96 bits per heavy atom. The normalized spacial score (nSPS) is 20.0. The van der Waals surface area contributed by atoms with Crippen LogP contribution in [0.4, 0.5) is 0 Å². The Balaban J connectivity index is 0.00000264. The van der Waals surface area contributed by atoms with Gasteiger partial charge in [0.15, 0.2) is 0 Å². The SMILES string of the molecule is CC1CC(CN)CN1C(=O)CCOc1ccc(C(N)=O)cc1.Cl. The van der Waals surface area contributed by atoms with Crippen LogP contribution in [0.5, 0.6) is 5.75 Å². The van der Waals surface area contributed by atoms with Gasteiger partial charge < -0.3 is 21.1 Å². The van der Waals surface area contributed by atoms with Crippen molar-refractivity contribution in [3.63, 3.8) is 0 Å². The summed E-state index contributed by atoms with van der Waals surface area (Å²) in [4.78, 5) is 25.0. The lowest BCUT2D eigenvalue weighted by Gasteiger charge is -2.21. The van der Waals surface area contributed by atoms with Crippen LogP contribution >= 0.6 is 12.4 Å². The first-order chi connectivity index (χ1) is 10.5. The first-order valence-electron chi connectivity index (χ1n) is 7.53. The molecule has 128 valence electrons. The second-order valence-corrected chi connectivity index (χ2v) is 5.72. The molecule has 23 heavy (non-hydrogen) atoms. The molecule has 4 N–H and O–H groups in total. The predicted molar refractivity (Wildman–Crippen MR) is 90.7 cm³/mol. The van der Waals surface area contributed by atoms with E-state index in [1.807, 2.05) is 4.90 Å². The van der Waals surface area contributed by atoms with E-state index in [0.29, 0.717) is 36.8 Å². The molecule has 1 aromatic carbocycles. The van der Waals surface area contributed by atoms with E-state index in [-0.39, 0.29) is 24.4 Å². The van der Waals surface area contributed by atoms with Crippen molar-refractivity contribution in [1.82, 2.24) is 4.90 Å². The van der Waals surface area contributed by atoms with E-state index in [0.717, 1.165) is 13.0 Å². The molecule has 0 radical (unpaired) electrons. The van der Waals surface area contributed by atoms with Crippen LogP contribution < -0.4 is 16.2 Å². The first-order valence-corrected chi connectivity index (χ1v) is 7.53. The first kappa shape index (κ1) is 19.3. The summed E-state index contributed by atoms with van der Waals surface area (Å²) >= 11 is 0. The molecule has 7 heteroatoms. The molecule has 2 rings (SSSR count). The summed E-state index contributed by atoms with van der Waals surface area (Å²) in [5.74, 6) is 0.643. The molecule has 0 saturated carbocycles. The van der Waals surface area contributed by atoms with Crippen molar-refractivity contribution in [3.8, 4) is 5.75 Å². The van der Waals surface area contributed by atoms with Crippen LogP contribution in [0.25, 0.3) is 0 Å². The van der Waals surface area contributed by atoms with Crippen LogP contribution in [-0.4, -0.2) is 42.5 Å². The molecule has 0 spiro atoms. The molecule has 6 nitrogen and oxygen atoms in total. The van der Waals surface area contributed by atoms with E-state index >= 15 is 0 Å². The highest BCUT2D eigenvalue weighted by Gasteiger charge is 2.31. The van der Waals surface area contributed by atoms with Crippen molar-refractivity contribution in [1.29, 1.82) is 0 Å². The third kappa shape index (κ3) is 5.11. The number of benzene rings is 1. The molecule has 1 aliphatic heterocycles. The van der Waals surface area contributed by atoms with E-state index in [9.17, 15) is 9.59 Å². The topological polar surface area (TPSA) is 98.7 Å². The Labute approximate surface area is 142 Å². The number of halogens is 1. The summed E-state index contributed by atoms with van der Waals surface area (Å²) in [6.07, 6.45) is 1.30. The van der Waals surface area contributed by atoms with Gasteiger partial charge in [-0.2, -0.15) is 0 Å². The fourth-order valence-corrected chi connectivity index (χ4v) is 2.78. The quantitative estimate of drug-likeness (QED) is 0.811. The Morgan fingerprint density at radius 3 is 2.48 bits per heavy atom. The van der Waals surface area contributed by atoms with Gasteiger partial charge in [0, 0.05) is 18.2 Å². The van der Waals surface area contributed by atoms with E-state index in [4.69, 9.17) is 16.2 Å². The van der Waals surface area contributed by atoms with Crippen molar-refractivity contribution in [2.75, 3.05) is 19.7 Å². The summed E-state index contributed by atoms with van der Waals surface area (Å²) < 4.78 is 5.54. The number of hydrogen-bond donors (Lipinski definition) is 2. The highest BCUT2D eigenvalue weighted by atomic mass is 35.5. The van der Waals surface area contributed by atoms with Crippen LogP contribution in [0.2, 0.25) is 0 Å². The zero-order chi connectivity index (χ0) is 16.1. The fourth-order valence-electron chi connectivity index (χ4n) is 2.78. The molecule has 2 unspecified atom stereocenters. The van der Waals surface area contributed by atoms with Crippen LogP contribution in [-0.2, 0) is 4.79 Å². The van der Waals surface area contributed by atoms with E-state index in [2.05, 4.69) is 6.92 Å². The summed E-state index contributed by atoms with van der Waals surface area (Å²) in [6.45, 7) is 3.73. The van der Waals surface area contributed by atoms with Gasteiger partial charge in [-0.25, -0.2) is 0 Å². The third-order valence-corrected chi connectivity index (χ3v) is 4.04. The van der Waals surface area contributed by atoms with Gasteiger partial charge in [0.1, 0.15) is 5.75 Å². The van der Waals surface area contributed by atoms with Crippen LogP contribution in [0, 0.1) is 5.92 Å². The van der Waals surface area contributed by atoms with Gasteiger partial charge in [0.25, 0.3) is 0 Å². The molecular formula is C16H24ClN3O3. The average Bonchev–Trinajstić information content (AvgIpc) is 2.89. The molecule has 1 fully saturated rings. The predicted octanol–water partition coefficient (Wildman–Crippen LogP) is 1.17. The molecule has 1 aliphatic rings. The molecule has 0 bridgehead atoms. The lowest BCUT2D eigenvalue weighted by Crippen LogP contribution is -2.35. The Morgan fingerprint density at radius 1 is 1.30 bits per heavy atom. The molecule has 1 saturated heterocycles. The maximum atomic E-state index is 12.2. The molecule has 1 heterocycles. The lowest BCUT2D eigenvalue weighted by molar-refractivity contribution is -0.132. The summed E-state index contributed by atoms with van der Waals surface area (Å²) in [5.41, 5.74) is 11.3. The van der Waals surface area contributed by atoms with Gasteiger partial charge >= 0.3 is 0 Å². The van der Waals surface area contributed by atoms with Crippen molar-refractivity contribution in [3.05, 3.63) is 29.8 Å². The van der Waals surface area contributed by atoms with Gasteiger partial charge in [-0.3, -0.25) is 9.59 Å². The minimum Gasteiger partial charge on any atom is -0.493 e. The maximum Gasteiger partial charge on any atom is 0.248 e. The molecule has 2 atom stereocenters. The largest absolute Gasteiger partial charge is 0.493 e. The number of carbonyl (C=O) groups excluding carboxylic acids is 2. The monoisotopic (exact) mass is 341 g/mol.